The van der Waals surface area contributed by atoms with Crippen molar-refractivity contribution in [3.05, 3.63) is 71.8 Å². The van der Waals surface area contributed by atoms with Crippen LogP contribution in [0.3, 0.4) is 0 Å². The van der Waals surface area contributed by atoms with Gasteiger partial charge in [0.05, 0.1) is 22.8 Å². The van der Waals surface area contributed by atoms with Crippen LogP contribution in [0.1, 0.15) is 56.1 Å². The highest BCUT2D eigenvalue weighted by molar-refractivity contribution is 6.08. The number of hydrogen-bond acceptors (Lipinski definition) is 7. The Kier molecular flexibility index (Phi) is 8.01. The number of rotatable bonds is 11. The van der Waals surface area contributed by atoms with E-state index in [1.165, 1.54) is 61.1 Å². The van der Waals surface area contributed by atoms with Gasteiger partial charge >= 0.3 is 0 Å². The van der Waals surface area contributed by atoms with E-state index in [-0.39, 0.29) is 0 Å². The van der Waals surface area contributed by atoms with Gasteiger partial charge in [-0.1, -0.05) is 37.4 Å². The predicted molar refractivity (Wildman–Crippen MR) is 165 cm³/mol. The highest BCUT2D eigenvalue weighted by Crippen LogP contribution is 2.50. The van der Waals surface area contributed by atoms with E-state index in [4.69, 9.17) is 0 Å². The summed E-state index contributed by atoms with van der Waals surface area (Å²) >= 11 is 0. The Labute approximate surface area is 240 Å². The number of benzene rings is 1. The van der Waals surface area contributed by atoms with Crippen molar-refractivity contribution in [3.63, 3.8) is 0 Å². The molecule has 3 fully saturated rings. The highest BCUT2D eigenvalue weighted by Gasteiger charge is 2.46. The number of likely N-dealkylation sites (tertiary alicyclic amines) is 1. The minimum atomic E-state index is 0.491. The number of nitrogens with zero attached hydrogens (tertiary/aromatic N) is 4. The summed E-state index contributed by atoms with van der Waals surface area (Å²) in [6.07, 6.45) is 12.0. The first-order chi connectivity index (χ1) is 19.5. The molecule has 0 radical (unpaired) electrons. The number of nitrogens with one attached hydrogen (secondary N) is 3. The zero-order chi connectivity index (χ0) is 27.5. The van der Waals surface area contributed by atoms with Crippen LogP contribution >= 0.6 is 0 Å². The van der Waals surface area contributed by atoms with Gasteiger partial charge in [0, 0.05) is 64.4 Å². The standard InChI is InChI=1S/C33H47N7/c1-24(35-14-6-15-39-16-11-26-7-4-5-8-28(26)22-39)30-19-31(37-23-36-30)38-29-20-33(21-29)12-17-40(18-13-33)25(2)32(34-3)27-9-10-27/h4-5,7-8,19,27,29,35,37-38H,1-2,6,9-18,20-23H2,3H3/b34-32+. The molecule has 7 nitrogen and oxygen atoms in total. The molecule has 1 aromatic carbocycles. The van der Waals surface area contributed by atoms with Gasteiger partial charge in [-0.25, -0.2) is 0 Å². The number of piperidine rings is 1. The highest BCUT2D eigenvalue weighted by atomic mass is 15.2. The van der Waals surface area contributed by atoms with E-state index in [1.807, 2.05) is 7.05 Å². The second-order valence-corrected chi connectivity index (χ2v) is 12.6. The number of fused-ring (bicyclic) bond motifs is 1. The Balaban J connectivity index is 0.899. The topological polar surface area (TPSA) is 67.3 Å². The van der Waals surface area contributed by atoms with Crippen molar-refractivity contribution < 1.29 is 0 Å². The summed E-state index contributed by atoms with van der Waals surface area (Å²) in [7, 11) is 1.93. The van der Waals surface area contributed by atoms with Crippen LogP contribution in [0.4, 0.5) is 0 Å². The van der Waals surface area contributed by atoms with Gasteiger partial charge in [0.2, 0.25) is 0 Å². The Bertz CT molecular complexity index is 1190. The SMILES string of the molecule is C=C(NCCCN1CCc2ccccc2C1)C1=NCNC(NC2CC3(CCN(C(=C)/C(=N\C)C4CC4)CC3)C2)=C1. The van der Waals surface area contributed by atoms with Crippen molar-refractivity contribution in [2.24, 2.45) is 21.3 Å². The fraction of sp³-hybridized carbons (Fsp3) is 0.576. The van der Waals surface area contributed by atoms with Crippen LogP contribution in [-0.4, -0.2) is 73.7 Å². The van der Waals surface area contributed by atoms with Crippen molar-refractivity contribution >= 4 is 11.4 Å². The first-order valence-electron chi connectivity index (χ1n) is 15.4. The fourth-order valence-corrected chi connectivity index (χ4v) is 7.13. The summed E-state index contributed by atoms with van der Waals surface area (Å²) in [5, 5.41) is 10.7. The molecule has 2 aliphatic carbocycles. The van der Waals surface area contributed by atoms with Crippen molar-refractivity contribution in [2.75, 3.05) is 46.4 Å². The third kappa shape index (κ3) is 6.14. The van der Waals surface area contributed by atoms with E-state index in [0.29, 0.717) is 24.0 Å². The van der Waals surface area contributed by atoms with Gasteiger partial charge in [0.15, 0.2) is 0 Å². The van der Waals surface area contributed by atoms with Crippen LogP contribution in [0.25, 0.3) is 0 Å². The van der Waals surface area contributed by atoms with E-state index in [9.17, 15) is 0 Å². The van der Waals surface area contributed by atoms with Crippen LogP contribution in [0, 0.1) is 11.3 Å². The second-order valence-electron chi connectivity index (χ2n) is 12.6. The Morgan fingerprint density at radius 1 is 1.12 bits per heavy atom. The Morgan fingerprint density at radius 3 is 2.65 bits per heavy atom. The zero-order valence-corrected chi connectivity index (χ0v) is 24.4. The second kappa shape index (κ2) is 11.8. The van der Waals surface area contributed by atoms with E-state index < -0.39 is 0 Å². The number of hydrogen-bond donors (Lipinski definition) is 3. The first-order valence-corrected chi connectivity index (χ1v) is 15.4. The molecule has 0 unspecified atom stereocenters. The molecule has 1 saturated heterocycles. The molecular formula is C33H47N7. The van der Waals surface area contributed by atoms with Gasteiger partial charge < -0.3 is 20.9 Å². The molecule has 6 rings (SSSR count). The van der Waals surface area contributed by atoms with E-state index in [2.05, 4.69) is 79.2 Å². The zero-order valence-electron chi connectivity index (χ0n) is 24.4. The Morgan fingerprint density at radius 2 is 1.90 bits per heavy atom. The quantitative estimate of drug-likeness (QED) is 0.289. The normalized spacial score (nSPS) is 22.9. The number of allylic oxidation sites excluding steroid dienone is 2. The van der Waals surface area contributed by atoms with E-state index >= 15 is 0 Å². The molecule has 40 heavy (non-hydrogen) atoms. The summed E-state index contributed by atoms with van der Waals surface area (Å²) in [6, 6.07) is 9.38. The molecule has 2 saturated carbocycles. The van der Waals surface area contributed by atoms with Crippen LogP contribution in [0.15, 0.2) is 70.7 Å². The van der Waals surface area contributed by atoms with Crippen LogP contribution in [-0.2, 0) is 13.0 Å². The smallest absolute Gasteiger partial charge is 0.109 e. The summed E-state index contributed by atoms with van der Waals surface area (Å²) < 4.78 is 0. The molecule has 5 aliphatic rings. The summed E-state index contributed by atoms with van der Waals surface area (Å²) in [6.45, 7) is 15.8. The van der Waals surface area contributed by atoms with E-state index in [0.717, 1.165) is 69.3 Å². The lowest BCUT2D eigenvalue weighted by Crippen LogP contribution is -2.54. The lowest BCUT2D eigenvalue weighted by Gasteiger charge is -2.53. The lowest BCUT2D eigenvalue weighted by atomic mass is 9.60. The molecule has 7 heteroatoms. The molecule has 0 atom stereocenters. The molecule has 0 aromatic heterocycles. The van der Waals surface area contributed by atoms with Gasteiger partial charge in [0.1, 0.15) is 12.5 Å². The molecule has 1 spiro atoms. The van der Waals surface area contributed by atoms with Crippen LogP contribution < -0.4 is 16.0 Å². The predicted octanol–water partition coefficient (Wildman–Crippen LogP) is 4.21. The third-order valence-electron chi connectivity index (χ3n) is 9.73. The van der Waals surface area contributed by atoms with Crippen molar-refractivity contribution in [1.29, 1.82) is 0 Å². The number of aliphatic imine (C=N–C) groups is 2. The van der Waals surface area contributed by atoms with Crippen molar-refractivity contribution in [1.82, 2.24) is 25.8 Å². The van der Waals surface area contributed by atoms with Gasteiger partial charge in [-0.05, 0) is 67.9 Å². The van der Waals surface area contributed by atoms with E-state index in [1.54, 1.807) is 0 Å². The first kappa shape index (κ1) is 27.1. The maximum atomic E-state index is 4.66. The lowest BCUT2D eigenvalue weighted by molar-refractivity contribution is 0.0200. The van der Waals surface area contributed by atoms with Crippen molar-refractivity contribution in [2.45, 2.75) is 64.0 Å². The van der Waals surface area contributed by atoms with Gasteiger partial charge in [-0.3, -0.25) is 14.9 Å². The summed E-state index contributed by atoms with van der Waals surface area (Å²) in [5.74, 6) is 1.75. The Hall–Kier alpha value is -3.06. The van der Waals surface area contributed by atoms with Crippen LogP contribution in [0.5, 0.6) is 0 Å². The largest absolute Gasteiger partial charge is 0.384 e. The third-order valence-corrected chi connectivity index (χ3v) is 9.73. The van der Waals surface area contributed by atoms with Gasteiger partial charge in [0.25, 0.3) is 0 Å². The molecule has 1 aromatic rings. The van der Waals surface area contributed by atoms with Gasteiger partial charge in [-0.2, -0.15) is 0 Å². The van der Waals surface area contributed by atoms with Gasteiger partial charge in [-0.15, -0.1) is 0 Å². The molecular weight excluding hydrogens is 494 g/mol. The minimum absolute atomic E-state index is 0.491. The fourth-order valence-electron chi connectivity index (χ4n) is 7.13. The summed E-state index contributed by atoms with van der Waals surface area (Å²) in [5.41, 5.74) is 7.80. The molecule has 214 valence electrons. The molecule has 3 heterocycles. The molecule has 3 aliphatic heterocycles. The maximum absolute atomic E-state index is 4.66. The maximum Gasteiger partial charge on any atom is 0.109 e. The molecule has 0 bridgehead atoms. The average molecular weight is 542 g/mol. The van der Waals surface area contributed by atoms with Crippen molar-refractivity contribution in [3.8, 4) is 0 Å². The minimum Gasteiger partial charge on any atom is -0.384 e. The summed E-state index contributed by atoms with van der Waals surface area (Å²) in [4.78, 5) is 14.3. The monoisotopic (exact) mass is 541 g/mol. The molecule has 0 amide bonds. The molecule has 3 N–H and O–H groups in total. The average Bonchev–Trinajstić information content (AvgIpc) is 3.80. The van der Waals surface area contributed by atoms with Crippen LogP contribution in [0.2, 0.25) is 0 Å².